The Balaban J connectivity index is 1.55. The molecule has 1 saturated heterocycles. The Morgan fingerprint density at radius 2 is 1.83 bits per heavy atom. The molecule has 2 heterocycles. The first-order valence-corrected chi connectivity index (χ1v) is 13.7. The van der Waals surface area contributed by atoms with Gasteiger partial charge in [-0.1, -0.05) is 30.4 Å². The molecule has 35 heavy (non-hydrogen) atoms. The van der Waals surface area contributed by atoms with Crippen LogP contribution in [0.2, 0.25) is 0 Å². The van der Waals surface area contributed by atoms with E-state index in [1.165, 1.54) is 35.6 Å². The largest absolute Gasteiger partial charge is 0.508 e. The normalized spacial score (nSPS) is 15.5. The fourth-order valence-corrected chi connectivity index (χ4v) is 6.43. The molecule has 0 bridgehead atoms. The van der Waals surface area contributed by atoms with Gasteiger partial charge in [-0.25, -0.2) is 13.4 Å². The van der Waals surface area contributed by atoms with Gasteiger partial charge in [0.2, 0.25) is 5.91 Å². The molecule has 1 aliphatic heterocycles. The van der Waals surface area contributed by atoms with Crippen molar-refractivity contribution in [2.24, 2.45) is 11.8 Å². The topological polar surface area (TPSA) is 118 Å². The molecular weight excluding hydrogens is 486 g/mol. The highest BCUT2D eigenvalue weighted by Gasteiger charge is 2.27. The average Bonchev–Trinajstić information content (AvgIpc) is 3.20. The molecule has 1 fully saturated rings. The Morgan fingerprint density at radius 3 is 2.51 bits per heavy atom. The van der Waals surface area contributed by atoms with Gasteiger partial charge in [0.05, 0.1) is 15.5 Å². The smallest absolute Gasteiger partial charge is 0.262 e. The number of phenols is 1. The Bertz CT molecular complexity index is 1310. The Morgan fingerprint density at radius 1 is 1.14 bits per heavy atom. The number of carbonyl (C=O) groups excluding carboxylic acids is 1. The van der Waals surface area contributed by atoms with Crippen molar-refractivity contribution in [1.29, 1.82) is 0 Å². The summed E-state index contributed by atoms with van der Waals surface area (Å²) in [4.78, 5) is 18.3. The van der Waals surface area contributed by atoms with Gasteiger partial charge in [-0.2, -0.15) is 0 Å². The van der Waals surface area contributed by atoms with Crippen molar-refractivity contribution in [1.82, 2.24) is 4.98 Å². The second kappa shape index (κ2) is 10.3. The molecular formula is C25H29N3O5S2. The van der Waals surface area contributed by atoms with E-state index in [9.17, 15) is 18.3 Å². The number of rotatable bonds is 7. The zero-order valence-electron chi connectivity index (χ0n) is 19.9. The van der Waals surface area contributed by atoms with Gasteiger partial charge in [-0.05, 0) is 74.1 Å². The quantitative estimate of drug-likeness (QED) is 0.384. The number of hydrogen-bond donors (Lipinski definition) is 3. The predicted molar refractivity (Wildman–Crippen MR) is 137 cm³/mol. The van der Waals surface area contributed by atoms with Crippen LogP contribution in [-0.2, 0) is 19.6 Å². The maximum Gasteiger partial charge on any atom is 0.262 e. The highest BCUT2D eigenvalue weighted by molar-refractivity contribution is 7.92. The van der Waals surface area contributed by atoms with Crippen molar-refractivity contribution >= 4 is 38.1 Å². The predicted octanol–water partition coefficient (Wildman–Crippen LogP) is 4.93. The molecule has 1 unspecified atom stereocenters. The van der Waals surface area contributed by atoms with E-state index < -0.39 is 10.0 Å². The molecule has 1 aromatic heterocycles. The molecule has 2 aromatic carbocycles. The van der Waals surface area contributed by atoms with Crippen molar-refractivity contribution in [3.8, 4) is 16.2 Å². The molecule has 4 rings (SSSR count). The monoisotopic (exact) mass is 515 g/mol. The SMILES string of the molecule is Cc1ccc(-c2sc(NC(=O)C(C)C3CCOCC3)nc2C)cc1S(=O)(=O)Nc1ccc(O)cc1. The lowest BCUT2D eigenvalue weighted by molar-refractivity contribution is -0.122. The van der Waals surface area contributed by atoms with Crippen LogP contribution in [0.15, 0.2) is 47.4 Å². The zero-order valence-corrected chi connectivity index (χ0v) is 21.5. The van der Waals surface area contributed by atoms with Crippen molar-refractivity contribution in [3.63, 3.8) is 0 Å². The number of phenolic OH excluding ortho intramolecular Hbond substituents is 1. The summed E-state index contributed by atoms with van der Waals surface area (Å²) in [5.41, 5.74) is 2.36. The van der Waals surface area contributed by atoms with Crippen LogP contribution >= 0.6 is 11.3 Å². The molecule has 0 spiro atoms. The standard InChI is InChI=1S/C25H29N3O5S2/c1-15-4-5-19(14-22(15)35(31,32)28-20-6-8-21(29)9-7-20)23-17(3)26-25(34-23)27-24(30)16(2)18-10-12-33-13-11-18/h4-9,14,16,18,28-29H,10-13H2,1-3H3,(H,26,27,30). The Kier molecular flexibility index (Phi) is 7.44. The zero-order chi connectivity index (χ0) is 25.2. The summed E-state index contributed by atoms with van der Waals surface area (Å²) in [6.45, 7) is 6.88. The second-order valence-electron chi connectivity index (χ2n) is 8.79. The third-order valence-electron chi connectivity index (χ3n) is 6.27. The summed E-state index contributed by atoms with van der Waals surface area (Å²) < 4.78 is 34.2. The molecule has 3 aromatic rings. The first-order valence-electron chi connectivity index (χ1n) is 11.4. The van der Waals surface area contributed by atoms with Gasteiger partial charge in [0.25, 0.3) is 10.0 Å². The van der Waals surface area contributed by atoms with E-state index >= 15 is 0 Å². The minimum Gasteiger partial charge on any atom is -0.508 e. The van der Waals surface area contributed by atoms with E-state index in [4.69, 9.17) is 4.74 Å². The third kappa shape index (κ3) is 5.83. The highest BCUT2D eigenvalue weighted by atomic mass is 32.2. The number of ether oxygens (including phenoxy) is 1. The minimum atomic E-state index is -3.86. The first-order chi connectivity index (χ1) is 16.6. The number of nitrogens with zero attached hydrogens (tertiary/aromatic N) is 1. The number of benzene rings is 2. The lowest BCUT2D eigenvalue weighted by Crippen LogP contribution is -2.30. The number of nitrogens with one attached hydrogen (secondary N) is 2. The highest BCUT2D eigenvalue weighted by Crippen LogP contribution is 2.35. The fourth-order valence-electron chi connectivity index (χ4n) is 4.14. The first kappa shape index (κ1) is 25.2. The number of anilines is 2. The van der Waals surface area contributed by atoms with Gasteiger partial charge < -0.3 is 15.2 Å². The van der Waals surface area contributed by atoms with Crippen LogP contribution < -0.4 is 10.0 Å². The number of sulfonamides is 1. The summed E-state index contributed by atoms with van der Waals surface area (Å²) in [6.07, 6.45) is 1.74. The molecule has 10 heteroatoms. The molecule has 186 valence electrons. The minimum absolute atomic E-state index is 0.0526. The Hall–Kier alpha value is -2.95. The molecule has 8 nitrogen and oxygen atoms in total. The molecule has 0 saturated carbocycles. The summed E-state index contributed by atoms with van der Waals surface area (Å²) in [6, 6.07) is 11.1. The number of hydrogen-bond acceptors (Lipinski definition) is 7. The van der Waals surface area contributed by atoms with E-state index in [1.54, 1.807) is 19.1 Å². The maximum absolute atomic E-state index is 13.1. The number of thiazole rings is 1. The van der Waals surface area contributed by atoms with Crippen LogP contribution in [0.1, 0.15) is 31.0 Å². The van der Waals surface area contributed by atoms with Crippen molar-refractivity contribution in [2.75, 3.05) is 23.3 Å². The van der Waals surface area contributed by atoms with Crippen LogP contribution in [0.4, 0.5) is 10.8 Å². The van der Waals surface area contributed by atoms with E-state index in [2.05, 4.69) is 15.0 Å². The van der Waals surface area contributed by atoms with Crippen molar-refractivity contribution in [2.45, 2.75) is 38.5 Å². The van der Waals surface area contributed by atoms with Crippen LogP contribution in [0.25, 0.3) is 10.4 Å². The fraction of sp³-hybridized carbons (Fsp3) is 0.360. The maximum atomic E-state index is 13.1. The molecule has 1 atom stereocenters. The number of aromatic hydroxyl groups is 1. The molecule has 0 aliphatic carbocycles. The second-order valence-corrected chi connectivity index (χ2v) is 11.4. The summed E-state index contributed by atoms with van der Waals surface area (Å²) in [5, 5.41) is 12.9. The molecule has 1 amide bonds. The van der Waals surface area contributed by atoms with Crippen LogP contribution in [0.5, 0.6) is 5.75 Å². The number of aromatic nitrogens is 1. The van der Waals surface area contributed by atoms with Gasteiger partial charge in [0.1, 0.15) is 5.75 Å². The summed E-state index contributed by atoms with van der Waals surface area (Å²) in [7, 11) is -3.86. The lowest BCUT2D eigenvalue weighted by Gasteiger charge is -2.26. The number of aryl methyl sites for hydroxylation is 2. The Labute approximate surface area is 209 Å². The van der Waals surface area contributed by atoms with Crippen LogP contribution in [0.3, 0.4) is 0 Å². The van der Waals surface area contributed by atoms with Crippen LogP contribution in [-0.4, -0.2) is 37.6 Å². The lowest BCUT2D eigenvalue weighted by atomic mass is 9.87. The number of amides is 1. The average molecular weight is 516 g/mol. The third-order valence-corrected chi connectivity index (χ3v) is 8.92. The van der Waals surface area contributed by atoms with Crippen molar-refractivity contribution in [3.05, 3.63) is 53.7 Å². The van der Waals surface area contributed by atoms with Gasteiger partial charge in [-0.15, -0.1) is 0 Å². The summed E-state index contributed by atoms with van der Waals surface area (Å²) >= 11 is 1.33. The van der Waals surface area contributed by atoms with E-state index in [0.717, 1.165) is 17.7 Å². The van der Waals surface area contributed by atoms with E-state index in [1.807, 2.05) is 19.9 Å². The van der Waals surface area contributed by atoms with Gasteiger partial charge in [0, 0.05) is 24.8 Å². The van der Waals surface area contributed by atoms with Gasteiger partial charge in [-0.3, -0.25) is 9.52 Å². The number of carbonyl (C=O) groups is 1. The molecule has 3 N–H and O–H groups in total. The van der Waals surface area contributed by atoms with Crippen molar-refractivity contribution < 1.29 is 23.1 Å². The summed E-state index contributed by atoms with van der Waals surface area (Å²) in [5.74, 6) is 0.128. The van der Waals surface area contributed by atoms with E-state index in [-0.39, 0.29) is 28.4 Å². The van der Waals surface area contributed by atoms with Crippen LogP contribution in [0, 0.1) is 25.7 Å². The molecule has 0 radical (unpaired) electrons. The van der Waals surface area contributed by atoms with Gasteiger partial charge >= 0.3 is 0 Å². The molecule has 1 aliphatic rings. The van der Waals surface area contributed by atoms with E-state index in [0.29, 0.717) is 40.9 Å². The van der Waals surface area contributed by atoms with Gasteiger partial charge in [0.15, 0.2) is 5.13 Å².